The summed E-state index contributed by atoms with van der Waals surface area (Å²) in [6, 6.07) is 0.615. The molecule has 1 aromatic heterocycles. The van der Waals surface area contributed by atoms with Crippen LogP contribution in [-0.2, 0) is 20.8 Å². The van der Waals surface area contributed by atoms with Crippen molar-refractivity contribution in [1.82, 2.24) is 5.32 Å². The highest BCUT2D eigenvalue weighted by molar-refractivity contribution is 7.07. The van der Waals surface area contributed by atoms with Crippen molar-refractivity contribution in [2.75, 3.05) is 0 Å². The molecule has 7 heteroatoms. The highest BCUT2D eigenvalue weighted by Crippen LogP contribution is 2.07. The number of thiophene rings is 1. The van der Waals surface area contributed by atoms with E-state index in [0.29, 0.717) is 0 Å². The van der Waals surface area contributed by atoms with Crippen LogP contribution in [0.5, 0.6) is 0 Å². The summed E-state index contributed by atoms with van der Waals surface area (Å²) in [5.41, 5.74) is 0.805. The van der Waals surface area contributed by atoms with Gasteiger partial charge >= 0.3 is 11.9 Å². The van der Waals surface area contributed by atoms with E-state index in [1.54, 1.807) is 11.4 Å². The molecule has 0 aliphatic rings. The van der Waals surface area contributed by atoms with Gasteiger partial charge in [-0.25, -0.2) is 4.79 Å². The minimum atomic E-state index is -1.23. The molecule has 0 fully saturated rings. The Kier molecular flexibility index (Phi) is 5.31. The van der Waals surface area contributed by atoms with Gasteiger partial charge in [-0.3, -0.25) is 9.59 Å². The molecule has 0 radical (unpaired) electrons. The number of nitrogens with one attached hydrogen (secondary N) is 1. The monoisotopic (exact) mass is 271 g/mol. The van der Waals surface area contributed by atoms with Crippen molar-refractivity contribution in [1.29, 1.82) is 0 Å². The standard InChI is InChI=1S/C11H13NO5S/c13-9(5-7-3-4-18-6-7)12-8(11(16)17)1-2-10(14)15/h3-4,6,8H,1-2,5H2,(H,12,13)(H,14,15)(H,16,17)/t8-/m1/s1. The molecule has 1 rings (SSSR count). The Morgan fingerprint density at radius 1 is 1.33 bits per heavy atom. The Hall–Kier alpha value is -1.89. The third-order valence-electron chi connectivity index (χ3n) is 2.22. The van der Waals surface area contributed by atoms with Crippen LogP contribution in [0.15, 0.2) is 16.8 Å². The van der Waals surface area contributed by atoms with Gasteiger partial charge < -0.3 is 15.5 Å². The maximum atomic E-state index is 11.6. The lowest BCUT2D eigenvalue weighted by atomic mass is 10.1. The third-order valence-corrected chi connectivity index (χ3v) is 2.96. The minimum absolute atomic E-state index is 0.0976. The second kappa shape index (κ2) is 6.75. The summed E-state index contributed by atoms with van der Waals surface area (Å²) in [5, 5.41) is 23.3. The Balaban J connectivity index is 2.47. The molecule has 0 aromatic carbocycles. The Bertz CT molecular complexity index is 429. The van der Waals surface area contributed by atoms with Crippen LogP contribution < -0.4 is 5.32 Å². The summed E-state index contributed by atoms with van der Waals surface area (Å²) in [6.07, 6.45) is -0.323. The number of carbonyl (C=O) groups excluding carboxylic acids is 1. The first-order chi connectivity index (χ1) is 8.49. The Labute approximate surface area is 107 Å². The highest BCUT2D eigenvalue weighted by atomic mass is 32.1. The van der Waals surface area contributed by atoms with Crippen molar-refractivity contribution in [2.24, 2.45) is 0 Å². The van der Waals surface area contributed by atoms with Gasteiger partial charge in [-0.05, 0) is 28.8 Å². The van der Waals surface area contributed by atoms with Crippen LogP contribution in [0.2, 0.25) is 0 Å². The number of carboxylic acid groups (broad SMARTS) is 2. The van der Waals surface area contributed by atoms with Gasteiger partial charge in [0.25, 0.3) is 0 Å². The lowest BCUT2D eigenvalue weighted by Gasteiger charge is -2.13. The lowest BCUT2D eigenvalue weighted by molar-refractivity contribution is -0.143. The molecule has 1 heterocycles. The molecule has 3 N–H and O–H groups in total. The van der Waals surface area contributed by atoms with E-state index in [1.807, 2.05) is 5.38 Å². The smallest absolute Gasteiger partial charge is 0.326 e. The molecule has 0 unspecified atom stereocenters. The van der Waals surface area contributed by atoms with Crippen LogP contribution in [0, 0.1) is 0 Å². The molecular formula is C11H13NO5S. The van der Waals surface area contributed by atoms with Crippen LogP contribution >= 0.6 is 11.3 Å². The number of carbonyl (C=O) groups is 3. The summed E-state index contributed by atoms with van der Waals surface area (Å²) in [7, 11) is 0. The van der Waals surface area contributed by atoms with Gasteiger partial charge in [-0.1, -0.05) is 0 Å². The summed E-state index contributed by atoms with van der Waals surface area (Å²) < 4.78 is 0. The second-order valence-corrected chi connectivity index (χ2v) is 4.48. The average molecular weight is 271 g/mol. The van der Waals surface area contributed by atoms with Crippen molar-refractivity contribution >= 4 is 29.2 Å². The van der Waals surface area contributed by atoms with Gasteiger partial charge in [-0.15, -0.1) is 0 Å². The van der Waals surface area contributed by atoms with Gasteiger partial charge in [-0.2, -0.15) is 11.3 Å². The van der Waals surface area contributed by atoms with Crippen LogP contribution in [-0.4, -0.2) is 34.1 Å². The summed E-state index contributed by atoms with van der Waals surface area (Å²) >= 11 is 1.45. The molecule has 0 saturated carbocycles. The normalized spacial score (nSPS) is 11.8. The molecule has 18 heavy (non-hydrogen) atoms. The Morgan fingerprint density at radius 3 is 2.56 bits per heavy atom. The fourth-order valence-corrected chi connectivity index (χ4v) is 2.02. The summed E-state index contributed by atoms with van der Waals surface area (Å²) in [4.78, 5) is 32.8. The van der Waals surface area contributed by atoms with Crippen molar-refractivity contribution in [2.45, 2.75) is 25.3 Å². The van der Waals surface area contributed by atoms with E-state index >= 15 is 0 Å². The molecule has 6 nitrogen and oxygen atoms in total. The van der Waals surface area contributed by atoms with E-state index in [4.69, 9.17) is 10.2 Å². The number of aliphatic carboxylic acids is 2. The first-order valence-electron chi connectivity index (χ1n) is 5.24. The first kappa shape index (κ1) is 14.2. The fraction of sp³-hybridized carbons (Fsp3) is 0.364. The molecule has 0 bridgehead atoms. The minimum Gasteiger partial charge on any atom is -0.481 e. The molecule has 1 amide bonds. The zero-order chi connectivity index (χ0) is 13.5. The molecular weight excluding hydrogens is 258 g/mol. The predicted molar refractivity (Wildman–Crippen MR) is 64.5 cm³/mol. The molecule has 98 valence electrons. The zero-order valence-electron chi connectivity index (χ0n) is 9.46. The number of hydrogen-bond acceptors (Lipinski definition) is 4. The topological polar surface area (TPSA) is 104 Å². The molecule has 0 saturated heterocycles. The van der Waals surface area contributed by atoms with E-state index in [-0.39, 0.29) is 19.3 Å². The largest absolute Gasteiger partial charge is 0.481 e. The molecule has 0 aliphatic carbocycles. The van der Waals surface area contributed by atoms with Gasteiger partial charge in [0.1, 0.15) is 6.04 Å². The van der Waals surface area contributed by atoms with E-state index in [2.05, 4.69) is 5.32 Å². The number of amides is 1. The van der Waals surface area contributed by atoms with Gasteiger partial charge in [0.2, 0.25) is 5.91 Å². The molecule has 1 atom stereocenters. The predicted octanol–water partition coefficient (Wildman–Crippen LogP) is 0.725. The SMILES string of the molecule is O=C(O)CC[C@@H](NC(=O)Cc1ccsc1)C(=O)O. The summed E-state index contributed by atoms with van der Waals surface area (Å²) in [5.74, 6) is -2.74. The van der Waals surface area contributed by atoms with Crippen molar-refractivity contribution in [3.05, 3.63) is 22.4 Å². The van der Waals surface area contributed by atoms with Gasteiger partial charge in [0, 0.05) is 6.42 Å². The van der Waals surface area contributed by atoms with Gasteiger partial charge in [0.15, 0.2) is 0 Å². The van der Waals surface area contributed by atoms with Crippen LogP contribution in [0.25, 0.3) is 0 Å². The van der Waals surface area contributed by atoms with Crippen LogP contribution in [0.1, 0.15) is 18.4 Å². The quantitative estimate of drug-likeness (QED) is 0.678. The second-order valence-electron chi connectivity index (χ2n) is 3.70. The maximum Gasteiger partial charge on any atom is 0.326 e. The maximum absolute atomic E-state index is 11.6. The zero-order valence-corrected chi connectivity index (χ0v) is 10.3. The van der Waals surface area contributed by atoms with Crippen LogP contribution in [0.3, 0.4) is 0 Å². The van der Waals surface area contributed by atoms with Crippen molar-refractivity contribution in [3.8, 4) is 0 Å². The van der Waals surface area contributed by atoms with Crippen LogP contribution in [0.4, 0.5) is 0 Å². The van der Waals surface area contributed by atoms with Gasteiger partial charge in [0.05, 0.1) is 6.42 Å². The summed E-state index contributed by atoms with van der Waals surface area (Å²) in [6.45, 7) is 0. The molecule has 1 aromatic rings. The molecule has 0 aliphatic heterocycles. The number of rotatable bonds is 7. The third kappa shape index (κ3) is 4.96. The lowest BCUT2D eigenvalue weighted by Crippen LogP contribution is -2.41. The van der Waals surface area contributed by atoms with E-state index in [0.717, 1.165) is 5.56 Å². The van der Waals surface area contributed by atoms with Crippen molar-refractivity contribution in [3.63, 3.8) is 0 Å². The van der Waals surface area contributed by atoms with E-state index in [9.17, 15) is 14.4 Å². The average Bonchev–Trinajstić information content (AvgIpc) is 2.76. The number of hydrogen-bond donors (Lipinski definition) is 3. The van der Waals surface area contributed by atoms with E-state index < -0.39 is 23.9 Å². The highest BCUT2D eigenvalue weighted by Gasteiger charge is 2.20. The fourth-order valence-electron chi connectivity index (χ4n) is 1.35. The first-order valence-corrected chi connectivity index (χ1v) is 6.18. The number of carboxylic acids is 2. The Morgan fingerprint density at radius 2 is 2.06 bits per heavy atom. The van der Waals surface area contributed by atoms with Crippen molar-refractivity contribution < 1.29 is 24.6 Å². The van der Waals surface area contributed by atoms with E-state index in [1.165, 1.54) is 11.3 Å². The molecule has 0 spiro atoms.